The molecule has 0 aromatic rings. The molecular weight excluding hydrogens is 176 g/mol. The third-order valence-corrected chi connectivity index (χ3v) is 2.79. The Kier molecular flexibility index (Phi) is 5.92. The van der Waals surface area contributed by atoms with Crippen LogP contribution in [0.1, 0.15) is 6.92 Å². The van der Waals surface area contributed by atoms with Crippen molar-refractivity contribution in [1.82, 2.24) is 10.6 Å². The Morgan fingerprint density at radius 3 is 2.58 bits per heavy atom. The van der Waals surface area contributed by atoms with Crippen LogP contribution in [0.3, 0.4) is 0 Å². The number of rotatable bonds is 5. The van der Waals surface area contributed by atoms with Crippen LogP contribution in [0.4, 0.5) is 0 Å². The Bertz CT molecular complexity index is 173. The van der Waals surface area contributed by atoms with Crippen molar-refractivity contribution >= 4 is 16.7 Å². The van der Waals surface area contributed by atoms with Crippen LogP contribution in [0.15, 0.2) is 0 Å². The normalized spacial score (nSPS) is 15.2. The summed E-state index contributed by atoms with van der Waals surface area (Å²) in [5, 5.41) is 5.42. The van der Waals surface area contributed by atoms with Gasteiger partial charge in [-0.2, -0.15) is 0 Å². The smallest absolute Gasteiger partial charge is 0.233 e. The summed E-state index contributed by atoms with van der Waals surface area (Å²) in [6, 6.07) is 0. The molecule has 12 heavy (non-hydrogen) atoms. The first-order valence-electron chi connectivity index (χ1n) is 3.81. The number of hydrogen-bond donors (Lipinski definition) is 2. The van der Waals surface area contributed by atoms with Gasteiger partial charge in [-0.05, 0) is 14.0 Å². The van der Waals surface area contributed by atoms with Crippen molar-refractivity contribution in [2.24, 2.45) is 0 Å². The minimum absolute atomic E-state index is 0.0193. The summed E-state index contributed by atoms with van der Waals surface area (Å²) >= 11 is 0. The van der Waals surface area contributed by atoms with Crippen molar-refractivity contribution in [3.8, 4) is 0 Å². The summed E-state index contributed by atoms with van der Waals surface area (Å²) in [4.78, 5) is 10.9. The molecule has 2 N–H and O–H groups in total. The van der Waals surface area contributed by atoms with Gasteiger partial charge in [-0.15, -0.1) is 0 Å². The van der Waals surface area contributed by atoms with Crippen molar-refractivity contribution in [2.45, 2.75) is 12.2 Å². The molecule has 0 spiro atoms. The maximum Gasteiger partial charge on any atom is 0.233 e. The molecule has 0 aliphatic heterocycles. The molecular formula is C7H16N2O2S. The fraction of sp³-hybridized carbons (Fsp3) is 0.857. The van der Waals surface area contributed by atoms with E-state index < -0.39 is 10.8 Å². The Labute approximate surface area is 75.6 Å². The van der Waals surface area contributed by atoms with Gasteiger partial charge in [0.15, 0.2) is 0 Å². The molecule has 1 amide bonds. The minimum Gasteiger partial charge on any atom is -0.354 e. The van der Waals surface area contributed by atoms with Crippen molar-refractivity contribution in [1.29, 1.82) is 0 Å². The van der Waals surface area contributed by atoms with Crippen molar-refractivity contribution in [2.75, 3.05) is 26.4 Å². The molecule has 72 valence electrons. The lowest BCUT2D eigenvalue weighted by Crippen LogP contribution is -2.37. The van der Waals surface area contributed by atoms with Gasteiger partial charge >= 0.3 is 0 Å². The van der Waals surface area contributed by atoms with Crippen molar-refractivity contribution < 1.29 is 9.00 Å². The van der Waals surface area contributed by atoms with E-state index in [0.29, 0.717) is 13.1 Å². The monoisotopic (exact) mass is 192 g/mol. The molecule has 0 saturated heterocycles. The highest BCUT2D eigenvalue weighted by Gasteiger charge is 2.06. The number of hydrogen-bond acceptors (Lipinski definition) is 3. The number of carbonyl (C=O) groups is 1. The molecule has 0 radical (unpaired) electrons. The molecule has 2 unspecified atom stereocenters. The second-order valence-electron chi connectivity index (χ2n) is 2.64. The molecule has 0 rings (SSSR count). The largest absolute Gasteiger partial charge is 0.354 e. The molecule has 5 heteroatoms. The average molecular weight is 192 g/mol. The summed E-state index contributed by atoms with van der Waals surface area (Å²) < 4.78 is 10.9. The molecule has 4 nitrogen and oxygen atoms in total. The van der Waals surface area contributed by atoms with Crippen LogP contribution in [-0.2, 0) is 15.6 Å². The summed E-state index contributed by atoms with van der Waals surface area (Å²) in [6.45, 7) is 2.63. The third kappa shape index (κ3) is 5.26. The zero-order valence-electron chi connectivity index (χ0n) is 7.72. The topological polar surface area (TPSA) is 58.2 Å². The predicted octanol–water partition coefficient (Wildman–Crippen LogP) is -0.911. The van der Waals surface area contributed by atoms with Crippen LogP contribution in [0.5, 0.6) is 0 Å². The van der Waals surface area contributed by atoms with Gasteiger partial charge < -0.3 is 10.6 Å². The number of carbonyl (C=O) groups excluding carboxylic acids is 1. The van der Waals surface area contributed by atoms with Gasteiger partial charge in [0.1, 0.15) is 0 Å². The van der Waals surface area contributed by atoms with Gasteiger partial charge in [0.25, 0.3) is 0 Å². The van der Waals surface area contributed by atoms with E-state index in [1.165, 1.54) is 0 Å². The van der Waals surface area contributed by atoms with Gasteiger partial charge in [-0.1, -0.05) is 0 Å². The first kappa shape index (κ1) is 11.6. The maximum atomic E-state index is 10.9. The zero-order valence-corrected chi connectivity index (χ0v) is 8.53. The first-order chi connectivity index (χ1) is 5.57. The minimum atomic E-state index is -0.866. The maximum absolute atomic E-state index is 10.9. The fourth-order valence-corrected chi connectivity index (χ4v) is 0.916. The summed E-state index contributed by atoms with van der Waals surface area (Å²) in [5.41, 5.74) is 0. The van der Waals surface area contributed by atoms with E-state index in [1.807, 2.05) is 6.92 Å². The molecule has 0 heterocycles. The Morgan fingerprint density at radius 2 is 2.17 bits per heavy atom. The Morgan fingerprint density at radius 1 is 1.58 bits per heavy atom. The predicted molar refractivity (Wildman–Crippen MR) is 50.5 cm³/mol. The van der Waals surface area contributed by atoms with Gasteiger partial charge in [0, 0.05) is 28.9 Å². The summed E-state index contributed by atoms with van der Waals surface area (Å²) in [7, 11) is 0.844. The number of nitrogens with one attached hydrogen (secondary N) is 2. The number of amides is 1. The lowest BCUT2D eigenvalue weighted by Gasteiger charge is -2.09. The van der Waals surface area contributed by atoms with Crippen LogP contribution in [0.2, 0.25) is 0 Å². The third-order valence-electron chi connectivity index (χ3n) is 1.49. The van der Waals surface area contributed by atoms with E-state index in [0.717, 1.165) is 0 Å². The van der Waals surface area contributed by atoms with Crippen LogP contribution in [0, 0.1) is 0 Å². The lowest BCUT2D eigenvalue weighted by molar-refractivity contribution is -0.120. The fourth-order valence-electron chi connectivity index (χ4n) is 0.598. The highest BCUT2D eigenvalue weighted by Crippen LogP contribution is 1.88. The molecule has 0 aromatic heterocycles. The standard InChI is InChI=1S/C7H16N2O2S/c1-6(12(3)11)4-9-7(10)5-8-2/h6,8H,4-5H2,1-3H3,(H,9,10). The molecule has 0 bridgehead atoms. The SMILES string of the molecule is CNCC(=O)NCC(C)S(C)=O. The van der Waals surface area contributed by atoms with E-state index in [4.69, 9.17) is 0 Å². The molecule has 0 fully saturated rings. The van der Waals surface area contributed by atoms with E-state index >= 15 is 0 Å². The molecule has 0 saturated carbocycles. The van der Waals surface area contributed by atoms with Crippen LogP contribution < -0.4 is 10.6 Å². The molecule has 0 aliphatic rings. The second-order valence-corrected chi connectivity index (χ2v) is 4.45. The van der Waals surface area contributed by atoms with Gasteiger partial charge in [-0.3, -0.25) is 9.00 Å². The van der Waals surface area contributed by atoms with Gasteiger partial charge in [0.05, 0.1) is 6.54 Å². The Hall–Kier alpha value is -0.420. The molecule has 2 atom stereocenters. The van der Waals surface area contributed by atoms with Gasteiger partial charge in [0.2, 0.25) is 5.91 Å². The van der Waals surface area contributed by atoms with Gasteiger partial charge in [-0.25, -0.2) is 0 Å². The summed E-state index contributed by atoms with van der Waals surface area (Å²) in [5.74, 6) is -0.0604. The van der Waals surface area contributed by atoms with E-state index in [-0.39, 0.29) is 11.2 Å². The first-order valence-corrected chi connectivity index (χ1v) is 5.43. The lowest BCUT2D eigenvalue weighted by atomic mass is 10.4. The van der Waals surface area contributed by atoms with E-state index in [1.54, 1.807) is 13.3 Å². The van der Waals surface area contributed by atoms with Crippen molar-refractivity contribution in [3.05, 3.63) is 0 Å². The van der Waals surface area contributed by atoms with E-state index in [9.17, 15) is 9.00 Å². The average Bonchev–Trinajstić information content (AvgIpc) is 2.00. The summed E-state index contributed by atoms with van der Waals surface area (Å²) in [6.07, 6.45) is 1.63. The second kappa shape index (κ2) is 6.14. The quantitative estimate of drug-likeness (QED) is 0.593. The van der Waals surface area contributed by atoms with Crippen LogP contribution >= 0.6 is 0 Å². The molecule has 0 aromatic carbocycles. The van der Waals surface area contributed by atoms with Crippen LogP contribution in [-0.4, -0.2) is 41.8 Å². The van der Waals surface area contributed by atoms with E-state index in [2.05, 4.69) is 10.6 Å². The van der Waals surface area contributed by atoms with Crippen molar-refractivity contribution in [3.63, 3.8) is 0 Å². The highest BCUT2D eigenvalue weighted by atomic mass is 32.2. The number of likely N-dealkylation sites (N-methyl/N-ethyl adjacent to an activating group) is 1. The van der Waals surface area contributed by atoms with Crippen LogP contribution in [0.25, 0.3) is 0 Å². The zero-order chi connectivity index (χ0) is 9.56. The molecule has 0 aliphatic carbocycles. The Balaban J connectivity index is 3.54. The highest BCUT2D eigenvalue weighted by molar-refractivity contribution is 7.84.